The van der Waals surface area contributed by atoms with Crippen LogP contribution in [-0.4, -0.2) is 20.1 Å². The first-order valence-corrected chi connectivity index (χ1v) is 5.04. The molecule has 1 N–H and O–H groups in total. The second-order valence-corrected chi connectivity index (χ2v) is 3.28. The fourth-order valence-corrected chi connectivity index (χ4v) is 1.17. The number of methoxy groups -OCH3 is 2. The van der Waals surface area contributed by atoms with Crippen LogP contribution in [-0.2, 0) is 9.47 Å². The van der Waals surface area contributed by atoms with E-state index in [-0.39, 0.29) is 0 Å². The van der Waals surface area contributed by atoms with Crippen LogP contribution in [0.5, 0.6) is 0 Å². The summed E-state index contributed by atoms with van der Waals surface area (Å²) in [5, 5.41) is 7.26. The van der Waals surface area contributed by atoms with E-state index in [0.717, 1.165) is 37.9 Å². The van der Waals surface area contributed by atoms with Crippen LogP contribution in [0.1, 0.15) is 38.5 Å². The minimum atomic E-state index is 0.381. The third-order valence-corrected chi connectivity index (χ3v) is 2.14. The van der Waals surface area contributed by atoms with Crippen LogP contribution in [0.4, 0.5) is 0 Å². The Hall–Kier alpha value is -0.990. The van der Waals surface area contributed by atoms with Gasteiger partial charge >= 0.3 is 0 Å². The molecule has 3 nitrogen and oxygen atoms in total. The molecular weight excluding hydrogens is 178 g/mol. The number of hydrogen-bond donors (Lipinski definition) is 1. The molecule has 0 aliphatic carbocycles. The van der Waals surface area contributed by atoms with Gasteiger partial charge in [-0.25, -0.2) is 0 Å². The molecule has 0 unspecified atom stereocenters. The van der Waals surface area contributed by atoms with Crippen LogP contribution in [0, 0.1) is 5.41 Å². The van der Waals surface area contributed by atoms with E-state index in [9.17, 15) is 0 Å². The fourth-order valence-electron chi connectivity index (χ4n) is 1.17. The van der Waals surface area contributed by atoms with Crippen molar-refractivity contribution >= 4 is 5.90 Å². The normalized spacial score (nSPS) is 9.57. The molecule has 0 spiro atoms. The highest BCUT2D eigenvalue weighted by Gasteiger charge is 1.96. The first-order valence-electron chi connectivity index (χ1n) is 5.04. The third kappa shape index (κ3) is 7.65. The largest absolute Gasteiger partial charge is 0.502 e. The van der Waals surface area contributed by atoms with E-state index < -0.39 is 0 Å². The topological polar surface area (TPSA) is 42.3 Å². The van der Waals surface area contributed by atoms with Gasteiger partial charge in [-0.3, -0.25) is 5.41 Å². The maximum absolute atomic E-state index is 7.26. The molecule has 3 heteroatoms. The Morgan fingerprint density at radius 3 is 2.07 bits per heavy atom. The predicted octanol–water partition coefficient (Wildman–Crippen LogP) is 3.11. The maximum atomic E-state index is 7.26. The molecule has 0 aliphatic heterocycles. The molecule has 82 valence electrons. The monoisotopic (exact) mass is 199 g/mol. The highest BCUT2D eigenvalue weighted by atomic mass is 16.5. The van der Waals surface area contributed by atoms with Gasteiger partial charge in [-0.1, -0.05) is 19.4 Å². The summed E-state index contributed by atoms with van der Waals surface area (Å²) in [5.41, 5.74) is 0. The average molecular weight is 199 g/mol. The quantitative estimate of drug-likeness (QED) is 0.282. The van der Waals surface area contributed by atoms with Gasteiger partial charge in [0.1, 0.15) is 0 Å². The molecule has 0 aliphatic rings. The number of nitrogens with one attached hydrogen (secondary N) is 1. The zero-order valence-corrected chi connectivity index (χ0v) is 9.27. The van der Waals surface area contributed by atoms with Gasteiger partial charge in [0.25, 0.3) is 0 Å². The summed E-state index contributed by atoms with van der Waals surface area (Å²) >= 11 is 0. The summed E-state index contributed by atoms with van der Waals surface area (Å²) in [5.74, 6) is 1.24. The minimum Gasteiger partial charge on any atom is -0.502 e. The molecule has 0 amide bonds. The molecule has 0 rings (SSSR count). The Bertz CT molecular complexity index is 158. The highest BCUT2D eigenvalue weighted by Crippen LogP contribution is 2.10. The van der Waals surface area contributed by atoms with Gasteiger partial charge < -0.3 is 9.47 Å². The molecule has 0 saturated carbocycles. The van der Waals surface area contributed by atoms with E-state index in [0.29, 0.717) is 5.90 Å². The Labute approximate surface area is 86.6 Å². The van der Waals surface area contributed by atoms with E-state index in [1.54, 1.807) is 14.2 Å². The molecular formula is C11H21NO2. The lowest BCUT2D eigenvalue weighted by Gasteiger charge is -2.04. The lowest BCUT2D eigenvalue weighted by atomic mass is 10.1. The van der Waals surface area contributed by atoms with Crippen molar-refractivity contribution in [3.63, 3.8) is 0 Å². The molecule has 0 atom stereocenters. The van der Waals surface area contributed by atoms with Crippen molar-refractivity contribution < 1.29 is 9.47 Å². The zero-order chi connectivity index (χ0) is 10.8. The Morgan fingerprint density at radius 1 is 1.00 bits per heavy atom. The maximum Gasteiger partial charge on any atom is 0.180 e. The zero-order valence-electron chi connectivity index (χ0n) is 9.27. The Kier molecular flexibility index (Phi) is 7.99. The first kappa shape index (κ1) is 13.0. The molecule has 0 aromatic carbocycles. The van der Waals surface area contributed by atoms with Gasteiger partial charge in [-0.2, -0.15) is 0 Å². The smallest absolute Gasteiger partial charge is 0.180 e. The van der Waals surface area contributed by atoms with E-state index in [1.807, 2.05) is 0 Å². The Balaban J connectivity index is 3.14. The van der Waals surface area contributed by atoms with Crippen LogP contribution in [0.2, 0.25) is 0 Å². The third-order valence-electron chi connectivity index (χ3n) is 2.14. The summed E-state index contributed by atoms with van der Waals surface area (Å²) in [4.78, 5) is 0. The summed E-state index contributed by atoms with van der Waals surface area (Å²) in [6, 6.07) is 0. The van der Waals surface area contributed by atoms with Crippen molar-refractivity contribution in [3.8, 4) is 0 Å². The second kappa shape index (κ2) is 8.60. The second-order valence-electron chi connectivity index (χ2n) is 3.28. The molecule has 0 radical (unpaired) electrons. The van der Waals surface area contributed by atoms with Crippen LogP contribution in [0.15, 0.2) is 12.3 Å². The number of ether oxygens (including phenoxy) is 2. The van der Waals surface area contributed by atoms with E-state index in [4.69, 9.17) is 14.9 Å². The van der Waals surface area contributed by atoms with Gasteiger partial charge in [0.15, 0.2) is 5.90 Å². The molecule has 0 heterocycles. The number of rotatable bonds is 8. The lowest BCUT2D eigenvalue weighted by Crippen LogP contribution is -1.98. The molecule has 0 bridgehead atoms. The van der Waals surface area contributed by atoms with E-state index in [2.05, 4.69) is 6.58 Å². The van der Waals surface area contributed by atoms with E-state index >= 15 is 0 Å². The van der Waals surface area contributed by atoms with Crippen LogP contribution in [0.25, 0.3) is 0 Å². The number of allylic oxidation sites excluding steroid dienone is 1. The lowest BCUT2D eigenvalue weighted by molar-refractivity contribution is 0.276. The SMILES string of the molecule is C=C(CCCCCCC(=N)OC)OC. The minimum absolute atomic E-state index is 0.381. The van der Waals surface area contributed by atoms with E-state index in [1.165, 1.54) is 6.42 Å². The number of unbranched alkanes of at least 4 members (excludes halogenated alkanes) is 3. The van der Waals surface area contributed by atoms with Crippen molar-refractivity contribution in [2.24, 2.45) is 0 Å². The van der Waals surface area contributed by atoms with Crippen molar-refractivity contribution in [1.29, 1.82) is 5.41 Å². The summed E-state index contributed by atoms with van der Waals surface area (Å²) in [7, 11) is 3.20. The molecule has 0 aromatic rings. The van der Waals surface area contributed by atoms with Gasteiger partial charge in [-0.05, 0) is 12.8 Å². The van der Waals surface area contributed by atoms with Crippen molar-refractivity contribution in [2.75, 3.05) is 14.2 Å². The summed E-state index contributed by atoms with van der Waals surface area (Å²) < 4.78 is 9.73. The van der Waals surface area contributed by atoms with Crippen LogP contribution >= 0.6 is 0 Å². The van der Waals surface area contributed by atoms with Gasteiger partial charge in [0.2, 0.25) is 0 Å². The van der Waals surface area contributed by atoms with Crippen molar-refractivity contribution in [3.05, 3.63) is 12.3 Å². The van der Waals surface area contributed by atoms with Gasteiger partial charge in [-0.15, -0.1) is 0 Å². The molecule has 0 aromatic heterocycles. The summed E-state index contributed by atoms with van der Waals surface area (Å²) in [6.07, 6.45) is 6.15. The first-order chi connectivity index (χ1) is 6.70. The molecule has 0 fully saturated rings. The molecule has 0 saturated heterocycles. The predicted molar refractivity (Wildman–Crippen MR) is 58.6 cm³/mol. The Morgan fingerprint density at radius 2 is 1.57 bits per heavy atom. The van der Waals surface area contributed by atoms with Crippen LogP contribution in [0.3, 0.4) is 0 Å². The van der Waals surface area contributed by atoms with Crippen molar-refractivity contribution in [1.82, 2.24) is 0 Å². The molecule has 14 heavy (non-hydrogen) atoms. The average Bonchev–Trinajstić information content (AvgIpc) is 2.22. The van der Waals surface area contributed by atoms with Crippen molar-refractivity contribution in [2.45, 2.75) is 38.5 Å². The number of hydrogen-bond acceptors (Lipinski definition) is 3. The van der Waals surface area contributed by atoms with Gasteiger partial charge in [0, 0.05) is 12.8 Å². The van der Waals surface area contributed by atoms with Gasteiger partial charge in [0.05, 0.1) is 20.0 Å². The fraction of sp³-hybridized carbons (Fsp3) is 0.727. The summed E-state index contributed by atoms with van der Waals surface area (Å²) in [6.45, 7) is 3.76. The van der Waals surface area contributed by atoms with Crippen LogP contribution < -0.4 is 0 Å². The standard InChI is InChI=1S/C11H21NO2/c1-10(13-2)8-6-4-5-7-9-11(12)14-3/h12H,1,4-9H2,2-3H3. The highest BCUT2D eigenvalue weighted by molar-refractivity contribution is 5.72.